The molecule has 0 amide bonds. The molecule has 1 atom stereocenters. The summed E-state index contributed by atoms with van der Waals surface area (Å²) in [4.78, 5) is 2.36. The van der Waals surface area contributed by atoms with Gasteiger partial charge in [-0.2, -0.15) is 0 Å². The predicted molar refractivity (Wildman–Crippen MR) is 87.5 cm³/mol. The topological polar surface area (TPSA) is 28.4 Å². The Morgan fingerprint density at radius 1 is 1.24 bits per heavy atom. The molecule has 0 saturated heterocycles. The Hall–Kier alpha value is -1.32. The summed E-state index contributed by atoms with van der Waals surface area (Å²) in [6.07, 6.45) is 1.56. The molecule has 1 aromatic carbocycles. The van der Waals surface area contributed by atoms with E-state index < -0.39 is 0 Å². The zero-order valence-electron chi connectivity index (χ0n) is 13.6. The number of aryl methyl sites for hydroxylation is 2. The maximum Gasteiger partial charge on any atom is 0.0515 e. The molecule has 3 rings (SSSR count). The first kappa shape index (κ1) is 14.6. The molecule has 1 aliphatic heterocycles. The number of hydrogen-bond donors (Lipinski definition) is 1. The molecule has 0 bridgehead atoms. The van der Waals surface area contributed by atoms with E-state index in [1.54, 1.807) is 0 Å². The highest BCUT2D eigenvalue weighted by atomic mass is 16.3. The summed E-state index contributed by atoms with van der Waals surface area (Å²) < 4.78 is 2.42. The number of aromatic nitrogens is 1. The van der Waals surface area contributed by atoms with Crippen LogP contribution in [0.2, 0.25) is 0 Å². The van der Waals surface area contributed by atoms with Gasteiger partial charge in [0.1, 0.15) is 0 Å². The molecule has 1 aromatic heterocycles. The third kappa shape index (κ3) is 2.49. The van der Waals surface area contributed by atoms with Crippen LogP contribution in [-0.2, 0) is 26.1 Å². The number of aliphatic hydroxyl groups is 1. The second-order valence-corrected chi connectivity index (χ2v) is 6.51. The quantitative estimate of drug-likeness (QED) is 0.934. The second-order valence-electron chi connectivity index (χ2n) is 6.51. The Labute approximate surface area is 127 Å². The standard InChI is InChI=1S/C18H26N2O/c1-5-20-13(3)16(7-6-12(2)21)17-8-14-10-19(4)11-15(14)9-18(17)20/h8-9,12,21H,5-7,10-11H2,1-4H3. The van der Waals surface area contributed by atoms with Gasteiger partial charge in [-0.3, -0.25) is 4.90 Å². The number of nitrogens with zero attached hydrogens (tertiary/aromatic N) is 2. The summed E-state index contributed by atoms with van der Waals surface area (Å²) in [6, 6.07) is 4.78. The lowest BCUT2D eigenvalue weighted by Gasteiger charge is -2.06. The van der Waals surface area contributed by atoms with E-state index >= 15 is 0 Å². The zero-order valence-corrected chi connectivity index (χ0v) is 13.6. The molecule has 0 aliphatic carbocycles. The van der Waals surface area contributed by atoms with Crippen LogP contribution in [-0.4, -0.2) is 27.7 Å². The molecule has 1 aliphatic rings. The number of aliphatic hydroxyl groups excluding tert-OH is 1. The highest BCUT2D eigenvalue weighted by Gasteiger charge is 2.20. The van der Waals surface area contributed by atoms with Crippen molar-refractivity contribution in [3.8, 4) is 0 Å². The Morgan fingerprint density at radius 2 is 1.90 bits per heavy atom. The number of hydrogen-bond acceptors (Lipinski definition) is 2. The lowest BCUT2D eigenvalue weighted by Crippen LogP contribution is -2.07. The zero-order chi connectivity index (χ0) is 15.1. The van der Waals surface area contributed by atoms with Crippen LogP contribution in [0.5, 0.6) is 0 Å². The molecule has 1 unspecified atom stereocenters. The first-order valence-corrected chi connectivity index (χ1v) is 8.01. The van der Waals surface area contributed by atoms with Crippen LogP contribution < -0.4 is 0 Å². The minimum absolute atomic E-state index is 0.231. The van der Waals surface area contributed by atoms with E-state index in [1.807, 2.05) is 6.92 Å². The summed E-state index contributed by atoms with van der Waals surface area (Å²) in [7, 11) is 2.18. The van der Waals surface area contributed by atoms with Crippen molar-refractivity contribution in [3.05, 3.63) is 34.5 Å². The molecule has 0 saturated carbocycles. The monoisotopic (exact) mass is 286 g/mol. The number of benzene rings is 1. The molecule has 3 heteroatoms. The molecular formula is C18H26N2O. The fraction of sp³-hybridized carbons (Fsp3) is 0.556. The summed E-state index contributed by atoms with van der Waals surface area (Å²) in [5.74, 6) is 0. The third-order valence-electron chi connectivity index (χ3n) is 4.78. The highest BCUT2D eigenvalue weighted by molar-refractivity contribution is 5.87. The van der Waals surface area contributed by atoms with E-state index in [0.29, 0.717) is 0 Å². The van der Waals surface area contributed by atoms with Crippen LogP contribution in [0.3, 0.4) is 0 Å². The molecule has 0 radical (unpaired) electrons. The maximum atomic E-state index is 9.62. The smallest absolute Gasteiger partial charge is 0.0515 e. The third-order valence-corrected chi connectivity index (χ3v) is 4.78. The van der Waals surface area contributed by atoms with Gasteiger partial charge in [0, 0.05) is 36.2 Å². The molecule has 21 heavy (non-hydrogen) atoms. The van der Waals surface area contributed by atoms with Crippen molar-refractivity contribution < 1.29 is 5.11 Å². The SMILES string of the molecule is CCn1c(C)c(CCC(C)O)c2cc3c(cc21)CN(C)C3. The first-order valence-electron chi connectivity index (χ1n) is 8.01. The predicted octanol–water partition coefficient (Wildman–Crippen LogP) is 3.23. The number of rotatable bonds is 4. The van der Waals surface area contributed by atoms with Crippen LogP contribution in [0.15, 0.2) is 12.1 Å². The van der Waals surface area contributed by atoms with Gasteiger partial charge in [0.2, 0.25) is 0 Å². The Balaban J connectivity index is 2.13. The van der Waals surface area contributed by atoms with Crippen molar-refractivity contribution in [2.75, 3.05) is 7.05 Å². The summed E-state index contributed by atoms with van der Waals surface area (Å²) in [5.41, 5.74) is 7.09. The van der Waals surface area contributed by atoms with E-state index in [9.17, 15) is 5.11 Å². The van der Waals surface area contributed by atoms with Gasteiger partial charge in [-0.15, -0.1) is 0 Å². The maximum absolute atomic E-state index is 9.62. The fourth-order valence-electron chi connectivity index (χ4n) is 3.69. The van der Waals surface area contributed by atoms with Crippen molar-refractivity contribution in [1.82, 2.24) is 9.47 Å². The van der Waals surface area contributed by atoms with Crippen LogP contribution in [0, 0.1) is 6.92 Å². The second kappa shape index (κ2) is 5.47. The van der Waals surface area contributed by atoms with Gasteiger partial charge >= 0.3 is 0 Å². The summed E-state index contributed by atoms with van der Waals surface area (Å²) in [5, 5.41) is 11.0. The number of fused-ring (bicyclic) bond motifs is 2. The van der Waals surface area contributed by atoms with Crippen molar-refractivity contribution in [2.45, 2.75) is 59.4 Å². The lowest BCUT2D eigenvalue weighted by molar-refractivity contribution is 0.185. The first-order chi connectivity index (χ1) is 10.0. The summed E-state index contributed by atoms with van der Waals surface area (Å²) in [6.45, 7) is 9.43. The van der Waals surface area contributed by atoms with Crippen molar-refractivity contribution >= 4 is 10.9 Å². The molecule has 2 aromatic rings. The molecular weight excluding hydrogens is 260 g/mol. The highest BCUT2D eigenvalue weighted by Crippen LogP contribution is 2.33. The molecule has 1 N–H and O–H groups in total. The van der Waals surface area contributed by atoms with Crippen molar-refractivity contribution in [3.63, 3.8) is 0 Å². The van der Waals surface area contributed by atoms with Gasteiger partial charge in [-0.25, -0.2) is 0 Å². The van der Waals surface area contributed by atoms with Gasteiger partial charge in [0.25, 0.3) is 0 Å². The fourth-order valence-corrected chi connectivity index (χ4v) is 3.69. The van der Waals surface area contributed by atoms with Crippen LogP contribution in [0.25, 0.3) is 10.9 Å². The van der Waals surface area contributed by atoms with Gasteiger partial charge in [0.05, 0.1) is 6.10 Å². The van der Waals surface area contributed by atoms with Crippen molar-refractivity contribution in [2.24, 2.45) is 0 Å². The molecule has 2 heterocycles. The van der Waals surface area contributed by atoms with Crippen LogP contribution in [0.1, 0.15) is 42.7 Å². The van der Waals surface area contributed by atoms with Crippen LogP contribution in [0.4, 0.5) is 0 Å². The van der Waals surface area contributed by atoms with Gasteiger partial charge in [-0.1, -0.05) is 0 Å². The average molecular weight is 286 g/mol. The van der Waals surface area contributed by atoms with E-state index in [-0.39, 0.29) is 6.10 Å². The van der Waals surface area contributed by atoms with Crippen molar-refractivity contribution in [1.29, 1.82) is 0 Å². The normalized spacial score (nSPS) is 16.6. The average Bonchev–Trinajstić information content (AvgIpc) is 2.89. The van der Waals surface area contributed by atoms with E-state index in [4.69, 9.17) is 0 Å². The minimum atomic E-state index is -0.231. The Bertz CT molecular complexity index is 670. The largest absolute Gasteiger partial charge is 0.393 e. The minimum Gasteiger partial charge on any atom is -0.393 e. The van der Waals surface area contributed by atoms with E-state index in [0.717, 1.165) is 32.5 Å². The van der Waals surface area contributed by atoms with Gasteiger partial charge in [-0.05, 0) is 69.5 Å². The van der Waals surface area contributed by atoms with Crippen LogP contribution >= 0.6 is 0 Å². The molecule has 114 valence electrons. The van der Waals surface area contributed by atoms with Gasteiger partial charge in [0.15, 0.2) is 0 Å². The molecule has 0 fully saturated rings. The lowest BCUT2D eigenvalue weighted by atomic mass is 10.0. The van der Waals surface area contributed by atoms with E-state index in [1.165, 1.54) is 33.3 Å². The molecule has 0 spiro atoms. The summed E-state index contributed by atoms with van der Waals surface area (Å²) >= 11 is 0. The Morgan fingerprint density at radius 3 is 2.52 bits per heavy atom. The van der Waals surface area contributed by atoms with E-state index in [2.05, 4.69) is 42.5 Å². The Kier molecular flexibility index (Phi) is 3.80. The molecule has 3 nitrogen and oxygen atoms in total. The van der Waals surface area contributed by atoms with Gasteiger partial charge < -0.3 is 9.67 Å².